The lowest BCUT2D eigenvalue weighted by molar-refractivity contribution is -0.154. The molecule has 0 radical (unpaired) electrons. The Bertz CT molecular complexity index is 691. The van der Waals surface area contributed by atoms with Crippen LogP contribution in [0.4, 0.5) is 0 Å². The number of aryl methyl sites for hydroxylation is 1. The number of carbonyl (C=O) groups is 2. The van der Waals surface area contributed by atoms with Crippen molar-refractivity contribution in [3.05, 3.63) is 29.8 Å². The van der Waals surface area contributed by atoms with Gasteiger partial charge in [0, 0.05) is 5.41 Å². The summed E-state index contributed by atoms with van der Waals surface area (Å²) < 4.78 is 10.9. The largest absolute Gasteiger partial charge is 0.490 e. The van der Waals surface area contributed by atoms with E-state index in [0.29, 0.717) is 24.4 Å². The number of amides is 1. The van der Waals surface area contributed by atoms with Crippen molar-refractivity contribution in [3.8, 4) is 5.75 Å². The first-order valence-corrected chi connectivity index (χ1v) is 10.6. The number of nitrogens with one attached hydrogen (secondary N) is 1. The SMILES string of the molecule is Cc1ccc(OCCOC(=O)[C@H](C)NC(=O)C23CC4CC(CC(C4)C2)C3)cc1. The minimum absolute atomic E-state index is 0.0620. The Morgan fingerprint density at radius 2 is 1.61 bits per heavy atom. The molecule has 0 saturated heterocycles. The maximum Gasteiger partial charge on any atom is 0.328 e. The summed E-state index contributed by atoms with van der Waals surface area (Å²) in [6.45, 7) is 4.20. The maximum atomic E-state index is 13.0. The molecule has 1 N–H and O–H groups in total. The molecule has 5 heteroatoms. The lowest BCUT2D eigenvalue weighted by Gasteiger charge is -2.55. The van der Waals surface area contributed by atoms with E-state index in [9.17, 15) is 9.59 Å². The fourth-order valence-electron chi connectivity index (χ4n) is 5.86. The average Bonchev–Trinajstić information content (AvgIpc) is 2.65. The van der Waals surface area contributed by atoms with Gasteiger partial charge in [0.05, 0.1) is 0 Å². The van der Waals surface area contributed by atoms with Gasteiger partial charge in [-0.25, -0.2) is 4.79 Å². The van der Waals surface area contributed by atoms with Crippen LogP contribution in [-0.2, 0) is 14.3 Å². The number of ether oxygens (including phenoxy) is 2. The first-order valence-electron chi connectivity index (χ1n) is 10.6. The fourth-order valence-corrected chi connectivity index (χ4v) is 5.86. The monoisotopic (exact) mass is 385 g/mol. The van der Waals surface area contributed by atoms with Crippen molar-refractivity contribution in [2.45, 2.75) is 58.4 Å². The number of rotatable bonds is 7. The zero-order valence-electron chi connectivity index (χ0n) is 16.9. The van der Waals surface area contributed by atoms with Crippen LogP contribution in [0.15, 0.2) is 24.3 Å². The molecule has 1 atom stereocenters. The van der Waals surface area contributed by atoms with E-state index in [1.54, 1.807) is 6.92 Å². The van der Waals surface area contributed by atoms with E-state index in [1.807, 2.05) is 31.2 Å². The Morgan fingerprint density at radius 3 is 2.18 bits per heavy atom. The molecule has 4 bridgehead atoms. The molecule has 5 rings (SSSR count). The molecule has 152 valence electrons. The molecule has 0 aromatic heterocycles. The van der Waals surface area contributed by atoms with Gasteiger partial charge in [-0.15, -0.1) is 0 Å². The van der Waals surface area contributed by atoms with Gasteiger partial charge >= 0.3 is 5.97 Å². The third-order valence-corrected chi connectivity index (χ3v) is 6.84. The standard InChI is InChI=1S/C23H31NO4/c1-15-3-5-20(6-4-15)27-7-8-28-21(25)16(2)24-22(26)23-12-17-9-18(13-23)11-19(10-17)14-23/h3-6,16-19H,7-14H2,1-2H3,(H,24,26)/t16-,17?,18?,19?,23?/m0/s1. The first-order chi connectivity index (χ1) is 13.4. The summed E-state index contributed by atoms with van der Waals surface area (Å²) in [6.07, 6.45) is 6.88. The Morgan fingerprint density at radius 1 is 1.04 bits per heavy atom. The fraction of sp³-hybridized carbons (Fsp3) is 0.652. The topological polar surface area (TPSA) is 64.6 Å². The molecule has 28 heavy (non-hydrogen) atoms. The summed E-state index contributed by atoms with van der Waals surface area (Å²) in [5.74, 6) is 2.54. The molecule has 4 aliphatic rings. The highest BCUT2D eigenvalue weighted by Gasteiger charge is 2.54. The highest BCUT2D eigenvalue weighted by Crippen LogP contribution is 2.60. The number of benzene rings is 1. The molecule has 1 amide bonds. The van der Waals surface area contributed by atoms with Crippen LogP contribution in [0.3, 0.4) is 0 Å². The van der Waals surface area contributed by atoms with Crippen molar-refractivity contribution >= 4 is 11.9 Å². The predicted octanol–water partition coefficient (Wildman–Crippen LogP) is 3.64. The van der Waals surface area contributed by atoms with Crippen LogP contribution in [0, 0.1) is 30.1 Å². The van der Waals surface area contributed by atoms with Crippen molar-refractivity contribution in [1.29, 1.82) is 0 Å². The van der Waals surface area contributed by atoms with E-state index in [-0.39, 0.29) is 17.9 Å². The van der Waals surface area contributed by atoms with Gasteiger partial charge in [0.2, 0.25) is 5.91 Å². The van der Waals surface area contributed by atoms with Crippen LogP contribution >= 0.6 is 0 Å². The van der Waals surface area contributed by atoms with Crippen molar-refractivity contribution in [2.75, 3.05) is 13.2 Å². The number of carbonyl (C=O) groups excluding carboxylic acids is 2. The predicted molar refractivity (Wildman–Crippen MR) is 106 cm³/mol. The number of esters is 1. The summed E-state index contributed by atoms with van der Waals surface area (Å²) in [4.78, 5) is 25.3. The third kappa shape index (κ3) is 4.03. The Hall–Kier alpha value is -2.04. The van der Waals surface area contributed by atoms with E-state index in [0.717, 1.165) is 25.0 Å². The van der Waals surface area contributed by atoms with E-state index in [2.05, 4.69) is 5.32 Å². The van der Waals surface area contributed by atoms with Crippen LogP contribution in [0.25, 0.3) is 0 Å². The molecular weight excluding hydrogens is 354 g/mol. The summed E-state index contributed by atoms with van der Waals surface area (Å²) in [5.41, 5.74) is 0.931. The first kappa shape index (κ1) is 19.3. The van der Waals surface area contributed by atoms with E-state index in [4.69, 9.17) is 9.47 Å². The molecule has 4 aliphatic carbocycles. The van der Waals surface area contributed by atoms with Gasteiger partial charge in [-0.3, -0.25) is 4.79 Å². The van der Waals surface area contributed by atoms with E-state index < -0.39 is 12.0 Å². The molecule has 4 saturated carbocycles. The van der Waals surface area contributed by atoms with Crippen LogP contribution in [0.5, 0.6) is 5.75 Å². The minimum Gasteiger partial charge on any atom is -0.490 e. The van der Waals surface area contributed by atoms with Gasteiger partial charge in [0.1, 0.15) is 25.0 Å². The molecule has 0 unspecified atom stereocenters. The Labute approximate surface area is 167 Å². The summed E-state index contributed by atoms with van der Waals surface area (Å²) in [5, 5.41) is 2.95. The number of hydrogen-bond donors (Lipinski definition) is 1. The number of hydrogen-bond acceptors (Lipinski definition) is 4. The van der Waals surface area contributed by atoms with Gasteiger partial charge in [0.15, 0.2) is 0 Å². The average molecular weight is 386 g/mol. The van der Waals surface area contributed by atoms with Gasteiger partial charge in [-0.1, -0.05) is 17.7 Å². The Kier molecular flexibility index (Phi) is 5.35. The van der Waals surface area contributed by atoms with Gasteiger partial charge in [0.25, 0.3) is 0 Å². The lowest BCUT2D eigenvalue weighted by Crippen LogP contribution is -2.55. The van der Waals surface area contributed by atoms with Crippen LogP contribution < -0.4 is 10.1 Å². The quantitative estimate of drug-likeness (QED) is 0.575. The second kappa shape index (κ2) is 7.76. The molecule has 0 spiro atoms. The van der Waals surface area contributed by atoms with Gasteiger partial charge < -0.3 is 14.8 Å². The van der Waals surface area contributed by atoms with Crippen molar-refractivity contribution in [2.24, 2.45) is 23.2 Å². The van der Waals surface area contributed by atoms with Gasteiger partial charge in [-0.05, 0) is 82.3 Å². The maximum absolute atomic E-state index is 13.0. The van der Waals surface area contributed by atoms with Crippen LogP contribution in [0.2, 0.25) is 0 Å². The molecule has 5 nitrogen and oxygen atoms in total. The third-order valence-electron chi connectivity index (χ3n) is 6.84. The molecule has 0 heterocycles. The highest BCUT2D eigenvalue weighted by molar-refractivity contribution is 5.88. The molecular formula is C23H31NO4. The second-order valence-corrected chi connectivity index (χ2v) is 9.22. The van der Waals surface area contributed by atoms with Crippen molar-refractivity contribution < 1.29 is 19.1 Å². The summed E-state index contributed by atoms with van der Waals surface area (Å²) in [7, 11) is 0. The zero-order valence-corrected chi connectivity index (χ0v) is 16.9. The molecule has 4 fully saturated rings. The summed E-state index contributed by atoms with van der Waals surface area (Å²) in [6, 6.07) is 7.11. The van der Waals surface area contributed by atoms with E-state index >= 15 is 0 Å². The van der Waals surface area contributed by atoms with Crippen molar-refractivity contribution in [3.63, 3.8) is 0 Å². The van der Waals surface area contributed by atoms with Gasteiger partial charge in [-0.2, -0.15) is 0 Å². The highest BCUT2D eigenvalue weighted by atomic mass is 16.6. The molecule has 1 aromatic carbocycles. The molecule has 1 aromatic rings. The Balaban J connectivity index is 1.22. The second-order valence-electron chi connectivity index (χ2n) is 9.22. The van der Waals surface area contributed by atoms with Crippen LogP contribution in [0.1, 0.15) is 51.0 Å². The van der Waals surface area contributed by atoms with Crippen LogP contribution in [-0.4, -0.2) is 31.1 Å². The van der Waals surface area contributed by atoms with E-state index in [1.165, 1.54) is 24.8 Å². The zero-order chi connectivity index (χ0) is 19.7. The smallest absolute Gasteiger partial charge is 0.328 e. The normalized spacial score (nSPS) is 31.3. The minimum atomic E-state index is -0.625. The van der Waals surface area contributed by atoms with Crippen molar-refractivity contribution in [1.82, 2.24) is 5.32 Å². The summed E-state index contributed by atoms with van der Waals surface area (Å²) >= 11 is 0. The molecule has 0 aliphatic heterocycles. The lowest BCUT2D eigenvalue weighted by atomic mass is 9.49.